The van der Waals surface area contributed by atoms with Gasteiger partial charge in [-0.15, -0.1) is 0 Å². The fourth-order valence-electron chi connectivity index (χ4n) is 4.96. The SMILES string of the molecule is CNCCOCCc1ccc(N(C)C(=O)Oc2cccc3c2cc2n3C(=O)N(C3CCC(=O)NC3=O)C2)cc1Cl. The number of nitrogens with one attached hydrogen (secondary N) is 2. The van der Waals surface area contributed by atoms with Gasteiger partial charge in [-0.3, -0.25) is 24.4 Å². The summed E-state index contributed by atoms with van der Waals surface area (Å²) in [6, 6.07) is 11.2. The van der Waals surface area contributed by atoms with E-state index < -0.39 is 18.0 Å². The minimum Gasteiger partial charge on any atom is -0.409 e. The number of benzene rings is 2. The number of carbonyl (C=O) groups excluding carboxylic acids is 4. The van der Waals surface area contributed by atoms with E-state index in [-0.39, 0.29) is 31.3 Å². The van der Waals surface area contributed by atoms with E-state index in [1.165, 1.54) is 14.4 Å². The first-order valence-corrected chi connectivity index (χ1v) is 13.4. The van der Waals surface area contributed by atoms with E-state index in [0.29, 0.717) is 52.7 Å². The van der Waals surface area contributed by atoms with Crippen molar-refractivity contribution in [1.82, 2.24) is 20.1 Å². The zero-order valence-electron chi connectivity index (χ0n) is 22.2. The molecule has 1 aromatic heterocycles. The van der Waals surface area contributed by atoms with E-state index >= 15 is 0 Å². The molecule has 40 heavy (non-hydrogen) atoms. The van der Waals surface area contributed by atoms with Crippen LogP contribution >= 0.6 is 11.6 Å². The molecule has 12 heteroatoms. The number of hydrogen-bond donors (Lipinski definition) is 2. The van der Waals surface area contributed by atoms with E-state index in [1.54, 1.807) is 43.4 Å². The average molecular weight is 568 g/mol. The van der Waals surface area contributed by atoms with Gasteiger partial charge >= 0.3 is 12.1 Å². The Morgan fingerprint density at radius 2 is 2.00 bits per heavy atom. The summed E-state index contributed by atoms with van der Waals surface area (Å²) in [6.07, 6.45) is 0.500. The number of ether oxygens (including phenoxy) is 2. The number of fused-ring (bicyclic) bond motifs is 3. The van der Waals surface area contributed by atoms with Gasteiger partial charge in [0.15, 0.2) is 0 Å². The highest BCUT2D eigenvalue weighted by Crippen LogP contribution is 2.35. The predicted molar refractivity (Wildman–Crippen MR) is 149 cm³/mol. The first-order chi connectivity index (χ1) is 19.3. The molecule has 2 aliphatic heterocycles. The second-order valence-corrected chi connectivity index (χ2v) is 10.1. The molecule has 1 atom stereocenters. The molecule has 3 heterocycles. The number of nitrogens with zero attached hydrogens (tertiary/aromatic N) is 3. The molecule has 2 aliphatic rings. The number of hydrogen-bond acceptors (Lipinski definition) is 7. The van der Waals surface area contributed by atoms with Gasteiger partial charge in [0.25, 0.3) is 0 Å². The van der Waals surface area contributed by atoms with Gasteiger partial charge in [0.1, 0.15) is 11.8 Å². The van der Waals surface area contributed by atoms with Crippen molar-refractivity contribution in [2.45, 2.75) is 31.8 Å². The summed E-state index contributed by atoms with van der Waals surface area (Å²) >= 11 is 6.47. The fraction of sp³-hybridized carbons (Fsp3) is 0.357. The fourth-order valence-corrected chi connectivity index (χ4v) is 5.23. The van der Waals surface area contributed by atoms with Crippen LogP contribution in [0.5, 0.6) is 5.75 Å². The summed E-state index contributed by atoms with van der Waals surface area (Å²) in [7, 11) is 3.46. The quantitative estimate of drug-likeness (QED) is 0.300. The lowest BCUT2D eigenvalue weighted by molar-refractivity contribution is -0.136. The third-order valence-corrected chi connectivity index (χ3v) is 7.50. The van der Waals surface area contributed by atoms with E-state index in [4.69, 9.17) is 21.1 Å². The van der Waals surface area contributed by atoms with Crippen LogP contribution in [0, 0.1) is 0 Å². The summed E-state index contributed by atoms with van der Waals surface area (Å²) < 4.78 is 12.8. The lowest BCUT2D eigenvalue weighted by Crippen LogP contribution is -2.52. The molecule has 0 spiro atoms. The summed E-state index contributed by atoms with van der Waals surface area (Å²) in [5, 5.41) is 6.45. The third kappa shape index (κ3) is 5.40. The highest BCUT2D eigenvalue weighted by molar-refractivity contribution is 6.31. The van der Waals surface area contributed by atoms with Gasteiger partial charge in [0.05, 0.1) is 25.3 Å². The van der Waals surface area contributed by atoms with Crippen molar-refractivity contribution in [2.24, 2.45) is 0 Å². The monoisotopic (exact) mass is 567 g/mol. The molecule has 4 amide bonds. The number of rotatable bonds is 9. The van der Waals surface area contributed by atoms with Crippen LogP contribution in [0.3, 0.4) is 0 Å². The standard InChI is InChI=1S/C28H30ClN5O6/c1-30-11-13-39-12-10-17-6-7-18(15-21(17)29)32(2)28(38)40-24-5-3-4-22-20(24)14-19-16-33(27(37)34(19)22)23-8-9-25(35)31-26(23)36/h3-7,14-15,23,30H,8-13,16H2,1-2H3,(H,31,35,36). The molecule has 210 valence electrons. The topological polar surface area (TPSA) is 122 Å². The van der Waals surface area contributed by atoms with Crippen LogP contribution in [-0.2, 0) is 27.3 Å². The maximum atomic E-state index is 13.3. The van der Waals surface area contributed by atoms with Crippen molar-refractivity contribution in [2.75, 3.05) is 38.8 Å². The molecule has 2 aromatic carbocycles. The summed E-state index contributed by atoms with van der Waals surface area (Å²) in [5.74, 6) is -0.501. The lowest BCUT2D eigenvalue weighted by atomic mass is 10.0. The first kappa shape index (κ1) is 27.6. The minimum atomic E-state index is -0.709. The summed E-state index contributed by atoms with van der Waals surface area (Å²) in [5.41, 5.74) is 2.71. The molecular weight excluding hydrogens is 538 g/mol. The minimum absolute atomic E-state index is 0.183. The Morgan fingerprint density at radius 1 is 1.18 bits per heavy atom. The second kappa shape index (κ2) is 11.7. The highest BCUT2D eigenvalue weighted by Gasteiger charge is 2.40. The molecule has 0 aliphatic carbocycles. The number of halogens is 1. The largest absolute Gasteiger partial charge is 0.419 e. The maximum Gasteiger partial charge on any atom is 0.419 e. The van der Waals surface area contributed by atoms with Crippen molar-refractivity contribution in [1.29, 1.82) is 0 Å². The molecule has 1 fully saturated rings. The summed E-state index contributed by atoms with van der Waals surface area (Å²) in [6.45, 7) is 2.14. The number of aromatic nitrogens is 1. The van der Waals surface area contributed by atoms with Crippen LogP contribution in [0.25, 0.3) is 10.9 Å². The molecular formula is C28H30ClN5O6. The zero-order chi connectivity index (χ0) is 28.4. The van der Waals surface area contributed by atoms with Gasteiger partial charge in [-0.1, -0.05) is 23.7 Å². The maximum absolute atomic E-state index is 13.3. The molecule has 2 N–H and O–H groups in total. The number of anilines is 1. The molecule has 11 nitrogen and oxygen atoms in total. The number of imide groups is 1. The van der Waals surface area contributed by atoms with Crippen LogP contribution in [0.15, 0.2) is 42.5 Å². The van der Waals surface area contributed by atoms with Gasteiger partial charge in [0.2, 0.25) is 11.8 Å². The van der Waals surface area contributed by atoms with Crippen molar-refractivity contribution < 1.29 is 28.7 Å². The van der Waals surface area contributed by atoms with Crippen LogP contribution in [0.4, 0.5) is 15.3 Å². The molecule has 1 saturated heterocycles. The van der Waals surface area contributed by atoms with Gasteiger partial charge in [0, 0.05) is 41.8 Å². The smallest absolute Gasteiger partial charge is 0.409 e. The first-order valence-electron chi connectivity index (χ1n) is 13.0. The van der Waals surface area contributed by atoms with Crippen molar-refractivity contribution >= 4 is 52.1 Å². The van der Waals surface area contributed by atoms with Gasteiger partial charge < -0.3 is 19.7 Å². The van der Waals surface area contributed by atoms with Gasteiger partial charge in [-0.2, -0.15) is 0 Å². The molecule has 0 saturated carbocycles. The van der Waals surface area contributed by atoms with E-state index in [2.05, 4.69) is 10.6 Å². The highest BCUT2D eigenvalue weighted by atomic mass is 35.5. The Bertz CT molecular complexity index is 1490. The number of amides is 4. The van der Waals surface area contributed by atoms with E-state index in [0.717, 1.165) is 12.1 Å². The number of likely N-dealkylation sites (N-methyl/N-ethyl adjacent to an activating group) is 1. The Kier molecular flexibility index (Phi) is 8.06. The van der Waals surface area contributed by atoms with Gasteiger partial charge in [-0.25, -0.2) is 9.59 Å². The van der Waals surface area contributed by atoms with Crippen molar-refractivity contribution in [3.63, 3.8) is 0 Å². The van der Waals surface area contributed by atoms with Crippen molar-refractivity contribution in [3.8, 4) is 5.75 Å². The predicted octanol–water partition coefficient (Wildman–Crippen LogP) is 3.30. The molecule has 3 aromatic rings. The number of carbonyl (C=O) groups is 4. The Labute approximate surface area is 235 Å². The lowest BCUT2D eigenvalue weighted by Gasteiger charge is -2.28. The van der Waals surface area contributed by atoms with Crippen molar-refractivity contribution in [3.05, 3.63) is 58.7 Å². The molecule has 0 bridgehead atoms. The van der Waals surface area contributed by atoms with Crippen LogP contribution in [0.2, 0.25) is 5.02 Å². The van der Waals surface area contributed by atoms with E-state index in [1.807, 2.05) is 13.1 Å². The third-order valence-electron chi connectivity index (χ3n) is 7.15. The second-order valence-electron chi connectivity index (χ2n) is 9.71. The average Bonchev–Trinajstić information content (AvgIpc) is 3.46. The van der Waals surface area contributed by atoms with Crippen LogP contribution in [-0.4, -0.2) is 73.3 Å². The van der Waals surface area contributed by atoms with Crippen LogP contribution < -0.4 is 20.3 Å². The summed E-state index contributed by atoms with van der Waals surface area (Å²) in [4.78, 5) is 53.0. The van der Waals surface area contributed by atoms with Crippen LogP contribution in [0.1, 0.15) is 24.1 Å². The van der Waals surface area contributed by atoms with Gasteiger partial charge in [-0.05, 0) is 55.8 Å². The zero-order valence-corrected chi connectivity index (χ0v) is 23.0. The molecule has 0 radical (unpaired) electrons. The molecule has 1 unspecified atom stereocenters. The Hall–Kier alpha value is -3.93. The Morgan fingerprint density at radius 3 is 2.75 bits per heavy atom. The Balaban J connectivity index is 1.28. The number of piperidine rings is 1. The normalized spacial score (nSPS) is 16.8. The molecule has 5 rings (SSSR count). The van der Waals surface area contributed by atoms with E-state index in [9.17, 15) is 19.2 Å².